The summed E-state index contributed by atoms with van der Waals surface area (Å²) in [6.45, 7) is 1.35. The maximum Gasteiger partial charge on any atom is 0.419 e. The van der Waals surface area contributed by atoms with Gasteiger partial charge in [-0.1, -0.05) is 6.07 Å². The van der Waals surface area contributed by atoms with E-state index in [0.29, 0.717) is 43.8 Å². The normalized spacial score (nSPS) is 20.4. The Bertz CT molecular complexity index is 1170. The fourth-order valence-electron chi connectivity index (χ4n) is 4.48. The minimum absolute atomic E-state index is 0.0128. The van der Waals surface area contributed by atoms with Crippen LogP contribution in [-0.2, 0) is 12.7 Å². The third-order valence-electron chi connectivity index (χ3n) is 5.96. The number of fused-ring (bicyclic) bond motifs is 2. The van der Waals surface area contributed by atoms with Gasteiger partial charge < -0.3 is 10.2 Å². The number of rotatable bonds is 5. The standard InChI is InChI=1S/C21H19F4N7O/c22-19-15(2-1-3-16(19)21(23,24)25)20(33)32-11-13-6-14(32)10-31(13)9-12-7-26-8-18(28-12)29-17-4-5-27-30-17/h1-5,7-8,13-14H,6,9-11H2,(H2,27,28,29,30)/t13-,14-/m1/s1. The number of halogens is 4. The zero-order chi connectivity index (χ0) is 23.2. The van der Waals surface area contributed by atoms with Crippen molar-refractivity contribution in [3.05, 3.63) is 65.5 Å². The minimum Gasteiger partial charge on any atom is -0.333 e. The van der Waals surface area contributed by atoms with Crippen molar-refractivity contribution in [3.8, 4) is 0 Å². The third kappa shape index (κ3) is 4.13. The topological polar surface area (TPSA) is 90.0 Å². The number of hydrogen-bond acceptors (Lipinski definition) is 6. The molecule has 8 nitrogen and oxygen atoms in total. The highest BCUT2D eigenvalue weighted by Crippen LogP contribution is 2.36. The molecule has 1 aromatic carbocycles. The number of benzene rings is 1. The molecule has 33 heavy (non-hydrogen) atoms. The van der Waals surface area contributed by atoms with Gasteiger partial charge in [-0.25, -0.2) is 9.37 Å². The fraction of sp³-hybridized carbons (Fsp3) is 0.333. The summed E-state index contributed by atoms with van der Waals surface area (Å²) in [7, 11) is 0. The highest BCUT2D eigenvalue weighted by Gasteiger charge is 2.46. The van der Waals surface area contributed by atoms with Crippen LogP contribution in [0.1, 0.15) is 28.0 Å². The summed E-state index contributed by atoms with van der Waals surface area (Å²) in [6.07, 6.45) is 0.670. The van der Waals surface area contributed by atoms with E-state index >= 15 is 0 Å². The molecule has 5 rings (SSSR count). The highest BCUT2D eigenvalue weighted by molar-refractivity contribution is 5.95. The van der Waals surface area contributed by atoms with E-state index in [0.717, 1.165) is 17.8 Å². The molecule has 2 fully saturated rings. The Morgan fingerprint density at radius 2 is 2.03 bits per heavy atom. The lowest BCUT2D eigenvalue weighted by atomic mass is 10.1. The van der Waals surface area contributed by atoms with E-state index in [-0.39, 0.29) is 12.1 Å². The first-order valence-corrected chi connectivity index (χ1v) is 10.3. The predicted molar refractivity (Wildman–Crippen MR) is 109 cm³/mol. The molecule has 2 aliphatic rings. The molecule has 2 N–H and O–H groups in total. The number of amides is 1. The summed E-state index contributed by atoms with van der Waals surface area (Å²) in [5.74, 6) is -1.00. The summed E-state index contributed by atoms with van der Waals surface area (Å²) in [6, 6.07) is 4.37. The van der Waals surface area contributed by atoms with Gasteiger partial charge in [0.05, 0.1) is 29.2 Å². The number of H-pyrrole nitrogens is 1. The molecule has 0 spiro atoms. The number of piperazine rings is 1. The molecule has 2 aromatic heterocycles. The van der Waals surface area contributed by atoms with E-state index in [1.165, 1.54) is 4.90 Å². The monoisotopic (exact) mass is 461 g/mol. The maximum atomic E-state index is 14.4. The first-order valence-electron chi connectivity index (χ1n) is 10.3. The van der Waals surface area contributed by atoms with Crippen LogP contribution in [-0.4, -0.2) is 61.0 Å². The first kappa shape index (κ1) is 21.3. The van der Waals surface area contributed by atoms with Gasteiger partial charge in [0, 0.05) is 44.0 Å². The molecule has 2 atom stereocenters. The smallest absolute Gasteiger partial charge is 0.333 e. The van der Waals surface area contributed by atoms with E-state index in [1.54, 1.807) is 24.7 Å². The summed E-state index contributed by atoms with van der Waals surface area (Å²) >= 11 is 0. The summed E-state index contributed by atoms with van der Waals surface area (Å²) in [5, 5.41) is 9.70. The van der Waals surface area contributed by atoms with Crippen molar-refractivity contribution in [1.29, 1.82) is 0 Å². The molecule has 2 aliphatic heterocycles. The number of hydrogen-bond donors (Lipinski definition) is 2. The molecule has 2 bridgehead atoms. The molecule has 2 saturated heterocycles. The SMILES string of the molecule is O=C(c1cccc(C(F)(F)F)c1F)N1C[C@H]2C[C@@H]1CN2Cc1cncc(Nc2ccn[nH]2)n1. The molecule has 1 amide bonds. The number of alkyl halides is 3. The van der Waals surface area contributed by atoms with Gasteiger partial charge in [0.2, 0.25) is 0 Å². The summed E-state index contributed by atoms with van der Waals surface area (Å²) in [5.41, 5.74) is -1.25. The number of carbonyl (C=O) groups excluding carboxylic acids is 1. The van der Waals surface area contributed by atoms with Crippen LogP contribution in [0.5, 0.6) is 0 Å². The lowest BCUT2D eigenvalue weighted by molar-refractivity contribution is -0.140. The van der Waals surface area contributed by atoms with Crippen molar-refractivity contribution in [3.63, 3.8) is 0 Å². The number of nitrogens with zero attached hydrogens (tertiary/aromatic N) is 5. The van der Waals surface area contributed by atoms with E-state index < -0.39 is 29.0 Å². The van der Waals surface area contributed by atoms with E-state index in [4.69, 9.17) is 0 Å². The average molecular weight is 461 g/mol. The van der Waals surface area contributed by atoms with E-state index in [9.17, 15) is 22.4 Å². The molecule has 3 aromatic rings. The maximum absolute atomic E-state index is 14.4. The second-order valence-corrected chi connectivity index (χ2v) is 8.09. The van der Waals surface area contributed by atoms with Crippen LogP contribution in [0.15, 0.2) is 42.9 Å². The molecule has 4 heterocycles. The number of nitrogens with one attached hydrogen (secondary N) is 2. The van der Waals surface area contributed by atoms with Crippen molar-refractivity contribution in [2.45, 2.75) is 31.2 Å². The average Bonchev–Trinajstić information content (AvgIpc) is 3.50. The van der Waals surface area contributed by atoms with Crippen LogP contribution in [0.3, 0.4) is 0 Å². The summed E-state index contributed by atoms with van der Waals surface area (Å²) in [4.78, 5) is 25.2. The molecule has 172 valence electrons. The van der Waals surface area contributed by atoms with E-state index in [2.05, 4.69) is 30.4 Å². The van der Waals surface area contributed by atoms with E-state index in [1.807, 2.05) is 0 Å². The van der Waals surface area contributed by atoms with Crippen LogP contribution >= 0.6 is 0 Å². The summed E-state index contributed by atoms with van der Waals surface area (Å²) < 4.78 is 53.5. The van der Waals surface area contributed by atoms with Crippen LogP contribution in [0.2, 0.25) is 0 Å². The molecule has 0 aliphatic carbocycles. The number of aromatic nitrogens is 4. The van der Waals surface area contributed by atoms with Crippen LogP contribution < -0.4 is 5.32 Å². The number of carbonyl (C=O) groups is 1. The lowest BCUT2D eigenvalue weighted by Gasteiger charge is -2.34. The largest absolute Gasteiger partial charge is 0.419 e. The van der Waals surface area contributed by atoms with Gasteiger partial charge in [0.1, 0.15) is 17.5 Å². The van der Waals surface area contributed by atoms with Crippen molar-refractivity contribution in [2.75, 3.05) is 18.4 Å². The van der Waals surface area contributed by atoms with Crippen molar-refractivity contribution in [1.82, 2.24) is 30.0 Å². The zero-order valence-electron chi connectivity index (χ0n) is 17.2. The Balaban J connectivity index is 1.25. The Morgan fingerprint density at radius 3 is 2.73 bits per heavy atom. The first-order chi connectivity index (χ1) is 15.8. The third-order valence-corrected chi connectivity index (χ3v) is 5.96. The van der Waals surface area contributed by atoms with Crippen LogP contribution in [0.4, 0.5) is 29.2 Å². The number of likely N-dealkylation sites (tertiary alicyclic amines) is 2. The van der Waals surface area contributed by atoms with Crippen molar-refractivity contribution < 1.29 is 22.4 Å². The highest BCUT2D eigenvalue weighted by atomic mass is 19.4. The van der Waals surface area contributed by atoms with Gasteiger partial charge in [-0.2, -0.15) is 18.3 Å². The van der Waals surface area contributed by atoms with Crippen LogP contribution in [0.25, 0.3) is 0 Å². The molecule has 0 saturated carbocycles. The van der Waals surface area contributed by atoms with Gasteiger partial charge in [-0.05, 0) is 18.6 Å². The second-order valence-electron chi connectivity index (χ2n) is 8.09. The van der Waals surface area contributed by atoms with Gasteiger partial charge in [0.15, 0.2) is 0 Å². The van der Waals surface area contributed by atoms with Crippen LogP contribution in [0, 0.1) is 5.82 Å². The molecular formula is C21H19F4N7O. The van der Waals surface area contributed by atoms with Gasteiger partial charge in [0.25, 0.3) is 5.91 Å². The Morgan fingerprint density at radius 1 is 1.18 bits per heavy atom. The van der Waals surface area contributed by atoms with Gasteiger partial charge >= 0.3 is 6.18 Å². The molecule has 0 unspecified atom stereocenters. The Kier molecular flexibility index (Phi) is 5.23. The number of aromatic amines is 1. The van der Waals surface area contributed by atoms with Crippen molar-refractivity contribution in [2.24, 2.45) is 0 Å². The molecule has 0 radical (unpaired) electrons. The van der Waals surface area contributed by atoms with Gasteiger partial charge in [-0.15, -0.1) is 0 Å². The number of anilines is 2. The zero-order valence-corrected chi connectivity index (χ0v) is 17.2. The molecular weight excluding hydrogens is 442 g/mol. The fourth-order valence-corrected chi connectivity index (χ4v) is 4.48. The second kappa shape index (κ2) is 8.10. The van der Waals surface area contributed by atoms with Crippen molar-refractivity contribution >= 4 is 17.5 Å². The Hall–Kier alpha value is -3.54. The minimum atomic E-state index is -4.86. The quantitative estimate of drug-likeness (QED) is 0.568. The van der Waals surface area contributed by atoms with Gasteiger partial charge in [-0.3, -0.25) is 19.8 Å². The lowest BCUT2D eigenvalue weighted by Crippen LogP contribution is -2.48. The molecule has 12 heteroatoms. The predicted octanol–water partition coefficient (Wildman–Crippen LogP) is 3.20. The Labute approximate surface area is 185 Å².